The average Bonchev–Trinajstić information content (AvgIpc) is 2.85. The average molecular weight is 273 g/mol. The van der Waals surface area contributed by atoms with Crippen molar-refractivity contribution in [1.82, 2.24) is 19.5 Å². The zero-order valence-corrected chi connectivity index (χ0v) is 12.8. The zero-order chi connectivity index (χ0) is 14.5. The minimum Gasteiger partial charge on any atom is -0.370 e. The van der Waals surface area contributed by atoms with E-state index in [1.807, 2.05) is 24.0 Å². The van der Waals surface area contributed by atoms with Gasteiger partial charge in [0.25, 0.3) is 0 Å². The van der Waals surface area contributed by atoms with Crippen LogP contribution >= 0.6 is 0 Å². The monoisotopic (exact) mass is 273 g/mol. The lowest BCUT2D eigenvalue weighted by atomic mass is 10.1. The number of nitrogens with one attached hydrogen (secondary N) is 1. The summed E-state index contributed by atoms with van der Waals surface area (Å²) in [4.78, 5) is 13.6. The van der Waals surface area contributed by atoms with Gasteiger partial charge in [0.15, 0.2) is 0 Å². The molecule has 20 heavy (non-hydrogen) atoms. The highest BCUT2D eigenvalue weighted by molar-refractivity contribution is 5.46. The maximum absolute atomic E-state index is 4.67. The van der Waals surface area contributed by atoms with Gasteiger partial charge in [0.05, 0.1) is 5.69 Å². The third-order valence-electron chi connectivity index (χ3n) is 3.40. The summed E-state index contributed by atoms with van der Waals surface area (Å²) in [5, 5.41) is 3.39. The molecule has 2 heterocycles. The molecule has 0 amide bonds. The first kappa shape index (κ1) is 14.5. The lowest BCUT2D eigenvalue weighted by Crippen LogP contribution is -2.11. The number of aryl methyl sites for hydroxylation is 2. The molecular weight excluding hydrogens is 250 g/mol. The summed E-state index contributed by atoms with van der Waals surface area (Å²) < 4.78 is 2.03. The first-order valence-corrected chi connectivity index (χ1v) is 7.22. The molecule has 2 aromatic rings. The molecule has 2 aromatic heterocycles. The number of aromatic nitrogens is 4. The molecule has 0 unspecified atom stereocenters. The fourth-order valence-electron chi connectivity index (χ4n) is 2.08. The Bertz CT molecular complexity index is 574. The van der Waals surface area contributed by atoms with E-state index in [2.05, 4.69) is 41.0 Å². The molecule has 0 spiro atoms. The van der Waals surface area contributed by atoms with Gasteiger partial charge >= 0.3 is 0 Å². The van der Waals surface area contributed by atoms with Crippen molar-refractivity contribution in [1.29, 1.82) is 0 Å². The van der Waals surface area contributed by atoms with Gasteiger partial charge in [-0.1, -0.05) is 13.8 Å². The highest BCUT2D eigenvalue weighted by atomic mass is 15.1. The van der Waals surface area contributed by atoms with Crippen LogP contribution in [0.3, 0.4) is 0 Å². The number of rotatable bonds is 6. The largest absolute Gasteiger partial charge is 0.370 e. The summed E-state index contributed by atoms with van der Waals surface area (Å²) >= 11 is 0. The van der Waals surface area contributed by atoms with E-state index in [4.69, 9.17) is 0 Å². The molecule has 0 fully saturated rings. The summed E-state index contributed by atoms with van der Waals surface area (Å²) in [6, 6.07) is 0. The molecule has 0 bridgehead atoms. The van der Waals surface area contributed by atoms with Gasteiger partial charge in [-0.3, -0.25) is 0 Å². The van der Waals surface area contributed by atoms with Crippen molar-refractivity contribution < 1.29 is 0 Å². The van der Waals surface area contributed by atoms with Gasteiger partial charge < -0.3 is 9.88 Å². The van der Waals surface area contributed by atoms with Gasteiger partial charge in [0.2, 0.25) is 0 Å². The third kappa shape index (κ3) is 3.15. The number of hydrogen-bond acceptors (Lipinski definition) is 4. The second kappa shape index (κ2) is 6.50. The predicted octanol–water partition coefficient (Wildman–Crippen LogP) is 2.49. The molecule has 5 nitrogen and oxygen atoms in total. The van der Waals surface area contributed by atoms with Crippen molar-refractivity contribution in [3.63, 3.8) is 0 Å². The molecular formula is C15H23N5. The molecule has 108 valence electrons. The molecule has 2 rings (SSSR count). The van der Waals surface area contributed by atoms with Crippen molar-refractivity contribution >= 4 is 5.82 Å². The first-order valence-electron chi connectivity index (χ1n) is 7.22. The highest BCUT2D eigenvalue weighted by Gasteiger charge is 2.12. The van der Waals surface area contributed by atoms with Crippen molar-refractivity contribution in [2.24, 2.45) is 7.05 Å². The van der Waals surface area contributed by atoms with Gasteiger partial charge in [0.1, 0.15) is 17.5 Å². The van der Waals surface area contributed by atoms with Crippen LogP contribution in [0.25, 0.3) is 0 Å². The normalized spacial score (nSPS) is 10.8. The smallest absolute Gasteiger partial charge is 0.132 e. The molecule has 0 aliphatic rings. The number of nitrogens with zero attached hydrogens (tertiary/aromatic N) is 4. The van der Waals surface area contributed by atoms with E-state index >= 15 is 0 Å². The van der Waals surface area contributed by atoms with Crippen LogP contribution in [0, 0.1) is 6.92 Å². The molecule has 0 aliphatic carbocycles. The summed E-state index contributed by atoms with van der Waals surface area (Å²) in [5.41, 5.74) is 2.18. The van der Waals surface area contributed by atoms with Crippen molar-refractivity contribution in [2.75, 3.05) is 11.9 Å². The molecule has 0 radical (unpaired) electrons. The van der Waals surface area contributed by atoms with Crippen LogP contribution in [0.1, 0.15) is 43.2 Å². The lowest BCUT2D eigenvalue weighted by Gasteiger charge is -2.13. The topological polar surface area (TPSA) is 55.6 Å². The van der Waals surface area contributed by atoms with Crippen LogP contribution in [0.15, 0.2) is 12.4 Å². The van der Waals surface area contributed by atoms with E-state index in [-0.39, 0.29) is 0 Å². The van der Waals surface area contributed by atoms with E-state index < -0.39 is 0 Å². The van der Waals surface area contributed by atoms with Crippen molar-refractivity contribution in [2.45, 2.75) is 40.0 Å². The van der Waals surface area contributed by atoms with Gasteiger partial charge in [-0.2, -0.15) is 0 Å². The van der Waals surface area contributed by atoms with Crippen LogP contribution < -0.4 is 5.32 Å². The van der Waals surface area contributed by atoms with E-state index in [0.29, 0.717) is 0 Å². The maximum Gasteiger partial charge on any atom is 0.132 e. The van der Waals surface area contributed by atoms with Gasteiger partial charge in [0, 0.05) is 44.4 Å². The highest BCUT2D eigenvalue weighted by Crippen LogP contribution is 2.18. The molecule has 0 aromatic carbocycles. The van der Waals surface area contributed by atoms with Crippen LogP contribution in [0.4, 0.5) is 5.82 Å². The maximum atomic E-state index is 4.67. The number of hydrogen-bond donors (Lipinski definition) is 1. The molecule has 0 saturated carbocycles. The Balaban J connectivity index is 2.33. The zero-order valence-electron chi connectivity index (χ0n) is 12.8. The van der Waals surface area contributed by atoms with Gasteiger partial charge in [-0.15, -0.1) is 0 Å². The van der Waals surface area contributed by atoms with E-state index in [1.54, 1.807) is 0 Å². The summed E-state index contributed by atoms with van der Waals surface area (Å²) in [5.74, 6) is 2.87. The van der Waals surface area contributed by atoms with E-state index in [0.717, 1.165) is 54.5 Å². The fourth-order valence-corrected chi connectivity index (χ4v) is 2.08. The predicted molar refractivity (Wildman–Crippen MR) is 80.9 cm³/mol. The number of anilines is 1. The van der Waals surface area contributed by atoms with Crippen LogP contribution in [-0.4, -0.2) is 26.1 Å². The Morgan fingerprint density at radius 1 is 1.25 bits per heavy atom. The summed E-state index contributed by atoms with van der Waals surface area (Å²) in [7, 11) is 2.01. The second-order valence-corrected chi connectivity index (χ2v) is 4.97. The Kier molecular flexibility index (Phi) is 4.71. The SMILES string of the molecule is CCCNc1nc(CC)nc(Cc2nccn2C)c1C. The molecule has 1 N–H and O–H groups in total. The fraction of sp³-hybridized carbons (Fsp3) is 0.533. The van der Waals surface area contributed by atoms with Gasteiger partial charge in [-0.25, -0.2) is 15.0 Å². The van der Waals surface area contributed by atoms with E-state index in [9.17, 15) is 0 Å². The minimum absolute atomic E-state index is 0.742. The standard InChI is InChI=1S/C15H23N5/c1-5-7-17-15-11(3)12(18-13(6-2)19-15)10-14-16-8-9-20(14)4/h8-9H,5-7,10H2,1-4H3,(H,17,18,19). The summed E-state index contributed by atoms with van der Waals surface area (Å²) in [6.07, 6.45) is 6.45. The van der Waals surface area contributed by atoms with Crippen LogP contribution in [0.2, 0.25) is 0 Å². The molecule has 0 atom stereocenters. The Morgan fingerprint density at radius 2 is 2.05 bits per heavy atom. The Hall–Kier alpha value is -1.91. The minimum atomic E-state index is 0.742. The molecule has 0 aliphatic heterocycles. The Labute approximate surface area is 120 Å². The molecule has 0 saturated heterocycles. The second-order valence-electron chi connectivity index (χ2n) is 4.97. The van der Waals surface area contributed by atoms with Crippen LogP contribution in [-0.2, 0) is 19.9 Å². The summed E-state index contributed by atoms with van der Waals surface area (Å²) in [6.45, 7) is 7.25. The first-order chi connectivity index (χ1) is 9.65. The number of imidazole rings is 1. The van der Waals surface area contributed by atoms with Crippen molar-refractivity contribution in [3.05, 3.63) is 35.3 Å². The van der Waals surface area contributed by atoms with Gasteiger partial charge in [-0.05, 0) is 13.3 Å². The lowest BCUT2D eigenvalue weighted by molar-refractivity contribution is 0.792. The van der Waals surface area contributed by atoms with Crippen LogP contribution in [0.5, 0.6) is 0 Å². The van der Waals surface area contributed by atoms with E-state index in [1.165, 1.54) is 0 Å². The third-order valence-corrected chi connectivity index (χ3v) is 3.40. The Morgan fingerprint density at radius 3 is 2.65 bits per heavy atom. The van der Waals surface area contributed by atoms with Crippen molar-refractivity contribution in [3.8, 4) is 0 Å². The quantitative estimate of drug-likeness (QED) is 0.878. The molecule has 5 heteroatoms.